The number of fused-ring (bicyclic) bond motifs is 1. The molecule has 0 bridgehead atoms. The average molecular weight is 439 g/mol. The molecule has 0 spiro atoms. The van der Waals surface area contributed by atoms with E-state index in [1.54, 1.807) is 42.5 Å². The molecule has 2 atom stereocenters. The van der Waals surface area contributed by atoms with E-state index in [9.17, 15) is 24.2 Å². The van der Waals surface area contributed by atoms with E-state index >= 15 is 0 Å². The maximum absolute atomic E-state index is 13.6. The van der Waals surface area contributed by atoms with E-state index in [0.717, 1.165) is 0 Å². The summed E-state index contributed by atoms with van der Waals surface area (Å²) in [7, 11) is 0. The van der Waals surface area contributed by atoms with Crippen LogP contribution in [0.1, 0.15) is 43.9 Å². The third-order valence-corrected chi connectivity index (χ3v) is 5.21. The van der Waals surface area contributed by atoms with E-state index in [-0.39, 0.29) is 23.6 Å². The van der Waals surface area contributed by atoms with Crippen molar-refractivity contribution in [2.45, 2.75) is 44.8 Å². The molecule has 0 amide bonds. The fourth-order valence-electron chi connectivity index (χ4n) is 3.81. The number of aromatic nitrogens is 1. The number of nitrogens with zero attached hydrogens (tertiary/aromatic N) is 1. The van der Waals surface area contributed by atoms with Crippen LogP contribution in [0.3, 0.4) is 0 Å². The Labute approximate surface area is 184 Å². The Bertz CT molecular complexity index is 1200. The van der Waals surface area contributed by atoms with E-state index in [1.807, 2.05) is 18.4 Å². The summed E-state index contributed by atoms with van der Waals surface area (Å²) < 4.78 is 15.4. The van der Waals surface area contributed by atoms with Gasteiger partial charge in [-0.05, 0) is 48.4 Å². The fraction of sp³-hybridized carbons (Fsp3) is 0.280. The quantitative estimate of drug-likeness (QED) is 0.495. The van der Waals surface area contributed by atoms with Crippen molar-refractivity contribution in [3.05, 3.63) is 81.9 Å². The van der Waals surface area contributed by atoms with Gasteiger partial charge in [0.2, 0.25) is 0 Å². The molecule has 32 heavy (non-hydrogen) atoms. The third-order valence-electron chi connectivity index (χ3n) is 5.21. The molecule has 1 aromatic heterocycles. The summed E-state index contributed by atoms with van der Waals surface area (Å²) in [6, 6.07) is 13.0. The SMILES string of the molecule is CC(C)c1c(/C=C/[C@@H](O)C[C@@H](O)CC(=O)O)n(-c2ccc(F)cc2)c2ccccc2c1=O. The first-order valence-corrected chi connectivity index (χ1v) is 10.4. The summed E-state index contributed by atoms with van der Waals surface area (Å²) >= 11 is 0. The van der Waals surface area contributed by atoms with Crippen LogP contribution in [0.4, 0.5) is 4.39 Å². The number of aliphatic carboxylic acids is 1. The van der Waals surface area contributed by atoms with Crippen LogP contribution in [0.25, 0.3) is 22.7 Å². The molecule has 0 fully saturated rings. The number of halogens is 1. The first-order valence-electron chi connectivity index (χ1n) is 10.4. The number of pyridine rings is 1. The van der Waals surface area contributed by atoms with Crippen molar-refractivity contribution >= 4 is 22.9 Å². The van der Waals surface area contributed by atoms with Gasteiger partial charge in [-0.1, -0.05) is 32.1 Å². The highest BCUT2D eigenvalue weighted by atomic mass is 19.1. The van der Waals surface area contributed by atoms with Crippen LogP contribution < -0.4 is 5.43 Å². The number of para-hydroxylation sites is 1. The molecule has 2 aromatic carbocycles. The van der Waals surface area contributed by atoms with Gasteiger partial charge in [-0.25, -0.2) is 4.39 Å². The van der Waals surface area contributed by atoms with Gasteiger partial charge in [0, 0.05) is 23.1 Å². The van der Waals surface area contributed by atoms with Gasteiger partial charge in [-0.15, -0.1) is 0 Å². The van der Waals surface area contributed by atoms with Crippen LogP contribution in [-0.4, -0.2) is 38.1 Å². The highest BCUT2D eigenvalue weighted by Gasteiger charge is 2.19. The van der Waals surface area contributed by atoms with E-state index < -0.39 is 24.6 Å². The maximum atomic E-state index is 13.6. The number of hydrogen-bond donors (Lipinski definition) is 3. The molecule has 6 nitrogen and oxygen atoms in total. The number of hydrogen-bond acceptors (Lipinski definition) is 4. The Kier molecular flexibility index (Phi) is 7.22. The lowest BCUT2D eigenvalue weighted by molar-refractivity contribution is -0.139. The molecule has 3 N–H and O–H groups in total. The first-order chi connectivity index (χ1) is 15.2. The van der Waals surface area contributed by atoms with E-state index in [2.05, 4.69) is 0 Å². The van der Waals surface area contributed by atoms with Crippen LogP contribution in [-0.2, 0) is 4.79 Å². The molecule has 7 heteroatoms. The second-order valence-corrected chi connectivity index (χ2v) is 8.03. The molecule has 0 saturated carbocycles. The summed E-state index contributed by atoms with van der Waals surface area (Å²) in [4.78, 5) is 24.1. The lowest BCUT2D eigenvalue weighted by Gasteiger charge is -2.21. The molecule has 1 heterocycles. The molecule has 0 saturated heterocycles. The van der Waals surface area contributed by atoms with Crippen molar-refractivity contribution in [1.29, 1.82) is 0 Å². The first kappa shape index (κ1) is 23.4. The van der Waals surface area contributed by atoms with Crippen molar-refractivity contribution in [2.75, 3.05) is 0 Å². The van der Waals surface area contributed by atoms with E-state index in [1.165, 1.54) is 18.2 Å². The minimum Gasteiger partial charge on any atom is -0.481 e. The second-order valence-electron chi connectivity index (χ2n) is 8.03. The second kappa shape index (κ2) is 9.89. The lowest BCUT2D eigenvalue weighted by Crippen LogP contribution is -2.21. The highest BCUT2D eigenvalue weighted by molar-refractivity contribution is 5.84. The van der Waals surface area contributed by atoms with Crippen molar-refractivity contribution in [2.24, 2.45) is 0 Å². The Balaban J connectivity index is 2.20. The predicted octanol–water partition coefficient (Wildman–Crippen LogP) is 3.85. The zero-order valence-electron chi connectivity index (χ0n) is 17.9. The van der Waals surface area contributed by atoms with Gasteiger partial charge >= 0.3 is 5.97 Å². The van der Waals surface area contributed by atoms with Crippen LogP contribution in [0.5, 0.6) is 0 Å². The van der Waals surface area contributed by atoms with Gasteiger partial charge in [0.15, 0.2) is 5.43 Å². The summed E-state index contributed by atoms with van der Waals surface area (Å²) in [6.07, 6.45) is 0.0813. The van der Waals surface area contributed by atoms with Crippen molar-refractivity contribution in [3.63, 3.8) is 0 Å². The maximum Gasteiger partial charge on any atom is 0.305 e. The van der Waals surface area contributed by atoms with E-state index in [0.29, 0.717) is 27.8 Å². The smallest absolute Gasteiger partial charge is 0.305 e. The number of benzene rings is 2. The zero-order valence-corrected chi connectivity index (χ0v) is 17.9. The molecular weight excluding hydrogens is 413 g/mol. The summed E-state index contributed by atoms with van der Waals surface area (Å²) in [5.41, 5.74) is 2.21. The molecular formula is C25H26FNO5. The van der Waals surface area contributed by atoms with Gasteiger partial charge in [-0.2, -0.15) is 0 Å². The van der Waals surface area contributed by atoms with Crippen molar-refractivity contribution in [1.82, 2.24) is 4.57 Å². The number of aliphatic hydroxyl groups excluding tert-OH is 2. The Morgan fingerprint density at radius 3 is 2.38 bits per heavy atom. The summed E-state index contributed by atoms with van der Waals surface area (Å²) in [6.45, 7) is 3.79. The Hall–Kier alpha value is -3.29. The largest absolute Gasteiger partial charge is 0.481 e. The minimum absolute atomic E-state index is 0.131. The van der Waals surface area contributed by atoms with Crippen molar-refractivity contribution < 1.29 is 24.5 Å². The van der Waals surface area contributed by atoms with Crippen LogP contribution in [0.15, 0.2) is 59.4 Å². The van der Waals surface area contributed by atoms with Gasteiger partial charge in [-0.3, -0.25) is 9.59 Å². The zero-order chi connectivity index (χ0) is 23.4. The number of carboxylic acids is 1. The van der Waals surface area contributed by atoms with Crippen LogP contribution >= 0.6 is 0 Å². The standard InChI is InChI=1S/C25H26FNO5/c1-15(2)24-22(12-11-18(28)13-19(29)14-23(30)31)27(17-9-7-16(26)8-10-17)21-6-4-3-5-20(21)25(24)32/h3-12,15,18-19,28-29H,13-14H2,1-2H3,(H,30,31)/b12-11+/t18-,19-/m1/s1. The predicted molar refractivity (Wildman–Crippen MR) is 122 cm³/mol. The third kappa shape index (κ3) is 5.12. The number of aliphatic hydroxyl groups is 2. The summed E-state index contributed by atoms with van der Waals surface area (Å²) in [5.74, 6) is -1.69. The van der Waals surface area contributed by atoms with Gasteiger partial charge < -0.3 is 19.9 Å². The summed E-state index contributed by atoms with van der Waals surface area (Å²) in [5, 5.41) is 29.4. The molecule has 0 unspecified atom stereocenters. The van der Waals surface area contributed by atoms with Gasteiger partial charge in [0.1, 0.15) is 5.82 Å². The monoisotopic (exact) mass is 439 g/mol. The van der Waals surface area contributed by atoms with Crippen LogP contribution in [0, 0.1) is 5.82 Å². The minimum atomic E-state index is -1.20. The molecule has 0 aliphatic rings. The molecule has 0 radical (unpaired) electrons. The molecule has 0 aliphatic heterocycles. The van der Waals surface area contributed by atoms with E-state index in [4.69, 9.17) is 5.11 Å². The average Bonchev–Trinajstić information content (AvgIpc) is 2.72. The van der Waals surface area contributed by atoms with Crippen molar-refractivity contribution in [3.8, 4) is 5.69 Å². The molecule has 168 valence electrons. The van der Waals surface area contributed by atoms with Gasteiger partial charge in [0.05, 0.1) is 29.8 Å². The highest BCUT2D eigenvalue weighted by Crippen LogP contribution is 2.27. The molecule has 0 aliphatic carbocycles. The lowest BCUT2D eigenvalue weighted by atomic mass is 9.96. The molecule has 3 aromatic rings. The Morgan fingerprint density at radius 1 is 1.09 bits per heavy atom. The van der Waals surface area contributed by atoms with Gasteiger partial charge in [0.25, 0.3) is 0 Å². The van der Waals surface area contributed by atoms with Crippen LogP contribution in [0.2, 0.25) is 0 Å². The number of carbonyl (C=O) groups is 1. The Morgan fingerprint density at radius 2 is 1.75 bits per heavy atom. The topological polar surface area (TPSA) is 99.8 Å². The fourth-order valence-corrected chi connectivity index (χ4v) is 3.81. The number of carboxylic acid groups (broad SMARTS) is 1. The number of rotatable bonds is 8. The normalized spacial score (nSPS) is 13.7. The molecule has 3 rings (SSSR count).